The molecule has 0 aromatic rings. The number of piperazine rings is 1. The molecule has 100 valence electrons. The Labute approximate surface area is 107 Å². The summed E-state index contributed by atoms with van der Waals surface area (Å²) in [6, 6.07) is 1.75. The zero-order valence-electron chi connectivity index (χ0n) is 11.8. The maximum atomic E-state index is 2.81. The van der Waals surface area contributed by atoms with Crippen molar-refractivity contribution in [2.45, 2.75) is 70.9 Å². The second-order valence-electron chi connectivity index (χ2n) is 5.91. The van der Waals surface area contributed by atoms with Gasteiger partial charge in [0.1, 0.15) is 0 Å². The first-order valence-corrected chi connectivity index (χ1v) is 7.83. The average molecular weight is 238 g/mol. The fraction of sp³-hybridized carbons (Fsp3) is 1.00. The minimum atomic E-state index is 0.870. The van der Waals surface area contributed by atoms with Gasteiger partial charge in [0.2, 0.25) is 0 Å². The van der Waals surface area contributed by atoms with Gasteiger partial charge in [-0.1, -0.05) is 33.1 Å². The van der Waals surface area contributed by atoms with E-state index < -0.39 is 0 Å². The summed E-state index contributed by atoms with van der Waals surface area (Å²) in [7, 11) is 0. The van der Waals surface area contributed by atoms with E-state index in [4.69, 9.17) is 0 Å². The summed E-state index contributed by atoms with van der Waals surface area (Å²) in [5.41, 5.74) is 0. The first kappa shape index (κ1) is 13.4. The Morgan fingerprint density at radius 3 is 2.47 bits per heavy atom. The van der Waals surface area contributed by atoms with Crippen molar-refractivity contribution >= 4 is 0 Å². The molecule has 0 amide bonds. The van der Waals surface area contributed by atoms with Crippen molar-refractivity contribution in [3.8, 4) is 0 Å². The third-order valence-corrected chi connectivity index (χ3v) is 4.63. The number of hydrogen-bond donors (Lipinski definition) is 0. The van der Waals surface area contributed by atoms with E-state index in [2.05, 4.69) is 23.6 Å². The van der Waals surface area contributed by atoms with E-state index in [0.717, 1.165) is 12.1 Å². The molecular formula is C15H30N2. The van der Waals surface area contributed by atoms with Crippen molar-refractivity contribution in [3.63, 3.8) is 0 Å². The minimum Gasteiger partial charge on any atom is -0.298 e. The molecule has 2 fully saturated rings. The van der Waals surface area contributed by atoms with E-state index in [1.165, 1.54) is 71.1 Å². The van der Waals surface area contributed by atoms with Crippen LogP contribution in [0.3, 0.4) is 0 Å². The van der Waals surface area contributed by atoms with E-state index in [0.29, 0.717) is 0 Å². The highest BCUT2D eigenvalue weighted by Crippen LogP contribution is 2.24. The summed E-state index contributed by atoms with van der Waals surface area (Å²) in [5.74, 6) is 0. The van der Waals surface area contributed by atoms with Gasteiger partial charge in [-0.3, -0.25) is 9.80 Å². The van der Waals surface area contributed by atoms with Crippen molar-refractivity contribution in [3.05, 3.63) is 0 Å². The van der Waals surface area contributed by atoms with Crippen molar-refractivity contribution in [2.75, 3.05) is 26.2 Å². The van der Waals surface area contributed by atoms with Crippen molar-refractivity contribution < 1.29 is 0 Å². The summed E-state index contributed by atoms with van der Waals surface area (Å²) in [6.07, 6.45) is 9.83. The zero-order valence-corrected chi connectivity index (χ0v) is 11.8. The first-order chi connectivity index (χ1) is 8.35. The van der Waals surface area contributed by atoms with Crippen LogP contribution < -0.4 is 0 Å². The summed E-state index contributed by atoms with van der Waals surface area (Å²) < 4.78 is 0. The van der Waals surface area contributed by atoms with Crippen LogP contribution in [0.4, 0.5) is 0 Å². The van der Waals surface area contributed by atoms with Gasteiger partial charge in [-0.05, 0) is 32.2 Å². The van der Waals surface area contributed by atoms with Crippen molar-refractivity contribution in [1.29, 1.82) is 0 Å². The number of hydrogen-bond acceptors (Lipinski definition) is 2. The summed E-state index contributed by atoms with van der Waals surface area (Å²) in [5, 5.41) is 0. The highest BCUT2D eigenvalue weighted by molar-refractivity contribution is 4.87. The Bertz CT molecular complexity index is 211. The molecule has 0 spiro atoms. The van der Waals surface area contributed by atoms with Crippen LogP contribution in [0.2, 0.25) is 0 Å². The molecule has 2 heterocycles. The molecule has 2 saturated heterocycles. The van der Waals surface area contributed by atoms with Crippen molar-refractivity contribution in [2.24, 2.45) is 0 Å². The molecule has 1 atom stereocenters. The summed E-state index contributed by atoms with van der Waals surface area (Å²) >= 11 is 0. The molecule has 2 nitrogen and oxygen atoms in total. The summed E-state index contributed by atoms with van der Waals surface area (Å²) in [4.78, 5) is 5.55. The lowest BCUT2D eigenvalue weighted by atomic mass is 9.96. The molecule has 2 heteroatoms. The van der Waals surface area contributed by atoms with Crippen LogP contribution in [0.1, 0.15) is 58.8 Å². The predicted octanol–water partition coefficient (Wildman–Crippen LogP) is 3.13. The quantitative estimate of drug-likeness (QED) is 0.726. The van der Waals surface area contributed by atoms with Gasteiger partial charge in [-0.25, -0.2) is 0 Å². The molecule has 0 bridgehead atoms. The number of rotatable bonds is 5. The number of nitrogens with zero attached hydrogens (tertiary/aromatic N) is 2. The molecule has 1 unspecified atom stereocenters. The second-order valence-corrected chi connectivity index (χ2v) is 5.91. The SMILES string of the molecule is CCCC(CCC)N1CCN2CCCCC2C1. The van der Waals surface area contributed by atoms with Gasteiger partial charge < -0.3 is 0 Å². The molecule has 0 aromatic heterocycles. The van der Waals surface area contributed by atoms with E-state index >= 15 is 0 Å². The molecule has 0 aromatic carbocycles. The zero-order chi connectivity index (χ0) is 12.1. The first-order valence-electron chi connectivity index (χ1n) is 7.83. The molecule has 17 heavy (non-hydrogen) atoms. The standard InChI is InChI=1S/C15H30N2/c1-3-7-14(8-4-2)17-12-11-16-10-6-5-9-15(16)13-17/h14-15H,3-13H2,1-2H3. The summed E-state index contributed by atoms with van der Waals surface area (Å²) in [6.45, 7) is 10.0. The molecule has 2 aliphatic rings. The smallest absolute Gasteiger partial charge is 0.0223 e. The molecule has 0 aliphatic carbocycles. The largest absolute Gasteiger partial charge is 0.298 e. The van der Waals surface area contributed by atoms with Crippen LogP contribution in [0, 0.1) is 0 Å². The highest BCUT2D eigenvalue weighted by atomic mass is 15.3. The molecule has 0 saturated carbocycles. The van der Waals surface area contributed by atoms with Gasteiger partial charge in [-0.15, -0.1) is 0 Å². The fourth-order valence-electron chi connectivity index (χ4n) is 3.69. The Hall–Kier alpha value is -0.0800. The van der Waals surface area contributed by atoms with Gasteiger partial charge in [0.25, 0.3) is 0 Å². The minimum absolute atomic E-state index is 0.870. The molecule has 0 N–H and O–H groups in total. The monoisotopic (exact) mass is 238 g/mol. The van der Waals surface area contributed by atoms with E-state index in [1.54, 1.807) is 0 Å². The van der Waals surface area contributed by atoms with Gasteiger partial charge >= 0.3 is 0 Å². The molecule has 2 rings (SSSR count). The molecular weight excluding hydrogens is 208 g/mol. The van der Waals surface area contributed by atoms with E-state index in [1.807, 2.05) is 0 Å². The average Bonchev–Trinajstić information content (AvgIpc) is 2.38. The van der Waals surface area contributed by atoms with E-state index in [9.17, 15) is 0 Å². The molecule has 2 aliphatic heterocycles. The molecule has 0 radical (unpaired) electrons. The predicted molar refractivity (Wildman–Crippen MR) is 74.4 cm³/mol. The van der Waals surface area contributed by atoms with Crippen LogP contribution in [0.5, 0.6) is 0 Å². The number of fused-ring (bicyclic) bond motifs is 1. The maximum Gasteiger partial charge on any atom is 0.0223 e. The highest BCUT2D eigenvalue weighted by Gasteiger charge is 2.31. The fourth-order valence-corrected chi connectivity index (χ4v) is 3.69. The third-order valence-electron chi connectivity index (χ3n) is 4.63. The Balaban J connectivity index is 1.88. The van der Waals surface area contributed by atoms with Crippen LogP contribution in [-0.2, 0) is 0 Å². The van der Waals surface area contributed by atoms with Gasteiger partial charge in [0.05, 0.1) is 0 Å². The van der Waals surface area contributed by atoms with Crippen LogP contribution in [0.15, 0.2) is 0 Å². The van der Waals surface area contributed by atoms with Gasteiger partial charge in [-0.2, -0.15) is 0 Å². The lowest BCUT2D eigenvalue weighted by Gasteiger charge is -2.46. The van der Waals surface area contributed by atoms with Gasteiger partial charge in [0.15, 0.2) is 0 Å². The number of piperidine rings is 1. The maximum absolute atomic E-state index is 2.81. The normalized spacial score (nSPS) is 27.4. The van der Waals surface area contributed by atoms with Gasteiger partial charge in [0, 0.05) is 31.7 Å². The van der Waals surface area contributed by atoms with Crippen molar-refractivity contribution in [1.82, 2.24) is 9.80 Å². The third kappa shape index (κ3) is 3.45. The second kappa shape index (κ2) is 6.75. The lowest BCUT2D eigenvalue weighted by Crippen LogP contribution is -2.57. The van der Waals surface area contributed by atoms with Crippen LogP contribution in [-0.4, -0.2) is 48.1 Å². The Kier molecular flexibility index (Phi) is 5.30. The Morgan fingerprint density at radius 1 is 1.00 bits per heavy atom. The van der Waals surface area contributed by atoms with Crippen LogP contribution >= 0.6 is 0 Å². The van der Waals surface area contributed by atoms with Crippen LogP contribution in [0.25, 0.3) is 0 Å². The Morgan fingerprint density at radius 2 is 1.76 bits per heavy atom. The lowest BCUT2D eigenvalue weighted by molar-refractivity contribution is 0.0229. The van der Waals surface area contributed by atoms with E-state index in [-0.39, 0.29) is 0 Å². The topological polar surface area (TPSA) is 6.48 Å².